The van der Waals surface area contributed by atoms with Gasteiger partial charge in [-0.2, -0.15) is 0 Å². The SMILES string of the molecule is CC1(C)c2ccccc2N(c2cccc([Si]3(c4ccccn4)C4=CCCC=C4c4ccccc43)c2)c2cc(-c3ccccn3)ccc21. The van der Waals surface area contributed by atoms with Crippen LogP contribution in [0.15, 0.2) is 157 Å². The first-order chi connectivity index (χ1) is 23.1. The molecule has 4 heterocycles. The summed E-state index contributed by atoms with van der Waals surface area (Å²) < 4.78 is 0. The monoisotopic (exact) mass is 621 g/mol. The van der Waals surface area contributed by atoms with E-state index in [0.717, 1.165) is 24.1 Å². The van der Waals surface area contributed by atoms with E-state index in [0.29, 0.717) is 0 Å². The van der Waals surface area contributed by atoms with Gasteiger partial charge in [0.2, 0.25) is 8.07 Å². The Bertz CT molecular complexity index is 2240. The zero-order chi connectivity index (χ0) is 31.6. The van der Waals surface area contributed by atoms with Crippen molar-refractivity contribution in [2.75, 3.05) is 4.90 Å². The molecule has 2 aromatic heterocycles. The summed E-state index contributed by atoms with van der Waals surface area (Å²) in [6.45, 7) is 4.70. The maximum Gasteiger partial charge on any atom is 0.202 e. The van der Waals surface area contributed by atoms with Crippen molar-refractivity contribution in [3.05, 3.63) is 174 Å². The number of allylic oxidation sites excluding steroid dienone is 4. The van der Waals surface area contributed by atoms with Gasteiger partial charge in [0, 0.05) is 34.4 Å². The third-order valence-electron chi connectivity index (χ3n) is 10.5. The molecule has 226 valence electrons. The van der Waals surface area contributed by atoms with Crippen molar-refractivity contribution >= 4 is 46.4 Å². The molecular weight excluding hydrogens is 587 g/mol. The lowest BCUT2D eigenvalue weighted by Gasteiger charge is -2.42. The lowest BCUT2D eigenvalue weighted by atomic mass is 9.73. The first-order valence-electron chi connectivity index (χ1n) is 16.6. The molecule has 1 unspecified atom stereocenters. The predicted octanol–water partition coefficient (Wildman–Crippen LogP) is 8.38. The van der Waals surface area contributed by atoms with Gasteiger partial charge in [0.25, 0.3) is 0 Å². The van der Waals surface area contributed by atoms with Crippen LogP contribution in [0.5, 0.6) is 0 Å². The molecule has 2 aliphatic heterocycles. The van der Waals surface area contributed by atoms with Crippen molar-refractivity contribution < 1.29 is 0 Å². The Morgan fingerprint density at radius 3 is 2.26 bits per heavy atom. The molecule has 1 aliphatic carbocycles. The number of aromatic nitrogens is 2. The van der Waals surface area contributed by atoms with Gasteiger partial charge in [-0.05, 0) is 99.2 Å². The van der Waals surface area contributed by atoms with E-state index >= 15 is 0 Å². The number of benzene rings is 4. The fourth-order valence-electron chi connectivity index (χ4n) is 8.36. The van der Waals surface area contributed by atoms with Crippen molar-refractivity contribution in [1.82, 2.24) is 9.97 Å². The van der Waals surface area contributed by atoms with Crippen LogP contribution in [0.2, 0.25) is 0 Å². The number of hydrogen-bond donors (Lipinski definition) is 0. The highest BCUT2D eigenvalue weighted by Crippen LogP contribution is 2.52. The first kappa shape index (κ1) is 27.9. The molecule has 6 aromatic rings. The average molecular weight is 622 g/mol. The molecule has 47 heavy (non-hydrogen) atoms. The summed E-state index contributed by atoms with van der Waals surface area (Å²) in [5.41, 5.74) is 10.9. The molecule has 3 nitrogen and oxygen atoms in total. The summed E-state index contributed by atoms with van der Waals surface area (Å²) in [7, 11) is -2.69. The number of pyridine rings is 2. The first-order valence-corrected chi connectivity index (χ1v) is 18.6. The molecule has 0 spiro atoms. The van der Waals surface area contributed by atoms with E-state index in [2.05, 4.69) is 146 Å². The highest BCUT2D eigenvalue weighted by atomic mass is 28.3. The molecule has 0 bridgehead atoms. The van der Waals surface area contributed by atoms with E-state index in [9.17, 15) is 0 Å². The molecular formula is C43H35N3Si. The number of para-hydroxylation sites is 1. The molecule has 1 atom stereocenters. The van der Waals surface area contributed by atoms with Crippen LogP contribution in [0.3, 0.4) is 0 Å². The minimum Gasteiger partial charge on any atom is -0.310 e. The van der Waals surface area contributed by atoms with Gasteiger partial charge < -0.3 is 4.90 Å². The third-order valence-corrected chi connectivity index (χ3v) is 15.2. The summed E-state index contributed by atoms with van der Waals surface area (Å²) >= 11 is 0. The Morgan fingerprint density at radius 2 is 1.40 bits per heavy atom. The second-order valence-corrected chi connectivity index (χ2v) is 17.0. The maximum atomic E-state index is 5.15. The van der Waals surface area contributed by atoms with Crippen LogP contribution in [0.1, 0.15) is 43.4 Å². The third kappa shape index (κ3) is 4.04. The zero-order valence-corrected chi connectivity index (χ0v) is 27.7. The van der Waals surface area contributed by atoms with E-state index in [1.165, 1.54) is 60.2 Å². The number of rotatable bonds is 4. The molecule has 9 rings (SSSR count). The quantitative estimate of drug-likeness (QED) is 0.185. The van der Waals surface area contributed by atoms with Gasteiger partial charge in [-0.1, -0.05) is 105 Å². The number of hydrogen-bond acceptors (Lipinski definition) is 3. The minimum absolute atomic E-state index is 0.163. The van der Waals surface area contributed by atoms with Crippen LogP contribution in [-0.4, -0.2) is 18.0 Å². The molecule has 0 fully saturated rings. The van der Waals surface area contributed by atoms with E-state index in [1.807, 2.05) is 24.5 Å². The molecule has 0 radical (unpaired) electrons. The topological polar surface area (TPSA) is 29.0 Å². The van der Waals surface area contributed by atoms with Crippen LogP contribution in [-0.2, 0) is 5.41 Å². The van der Waals surface area contributed by atoms with Crippen LogP contribution < -0.4 is 20.6 Å². The van der Waals surface area contributed by atoms with Crippen molar-refractivity contribution in [3.8, 4) is 11.3 Å². The van der Waals surface area contributed by atoms with Crippen molar-refractivity contribution in [2.45, 2.75) is 32.1 Å². The van der Waals surface area contributed by atoms with Gasteiger partial charge >= 0.3 is 0 Å². The van der Waals surface area contributed by atoms with Gasteiger partial charge in [0.05, 0.1) is 17.1 Å². The van der Waals surface area contributed by atoms with Crippen LogP contribution in [0, 0.1) is 0 Å². The van der Waals surface area contributed by atoms with Crippen molar-refractivity contribution in [3.63, 3.8) is 0 Å². The lowest BCUT2D eigenvalue weighted by Crippen LogP contribution is -2.67. The fraction of sp³-hybridized carbons (Fsp3) is 0.116. The summed E-state index contributed by atoms with van der Waals surface area (Å²) in [5.74, 6) is 0. The van der Waals surface area contributed by atoms with Gasteiger partial charge in [-0.15, -0.1) is 0 Å². The van der Waals surface area contributed by atoms with E-state index in [1.54, 1.807) is 0 Å². The molecule has 3 aliphatic rings. The second-order valence-electron chi connectivity index (χ2n) is 13.3. The standard InChI is InChI=1S/C43H35N3Si/c1-43(2)35-18-5-6-20-38(35)46(39-28-30(24-25-36(39)43)37-19-9-11-26-44-37)31-14-13-15-32(29-31)47(42-23-10-12-27-45-42)40-21-7-3-16-33(40)34-17-4-8-22-41(34)47/h3,5-7,9-29H,4,8H2,1-2H3. The van der Waals surface area contributed by atoms with Gasteiger partial charge in [-0.3, -0.25) is 9.97 Å². The smallest absolute Gasteiger partial charge is 0.202 e. The maximum absolute atomic E-state index is 5.15. The average Bonchev–Trinajstić information content (AvgIpc) is 3.44. The molecule has 4 heteroatoms. The van der Waals surface area contributed by atoms with Crippen molar-refractivity contribution in [2.24, 2.45) is 0 Å². The molecule has 0 N–H and O–H groups in total. The van der Waals surface area contributed by atoms with Crippen LogP contribution in [0.25, 0.3) is 16.8 Å². The van der Waals surface area contributed by atoms with E-state index in [-0.39, 0.29) is 5.41 Å². The van der Waals surface area contributed by atoms with Gasteiger partial charge in [-0.25, -0.2) is 0 Å². The Morgan fingerprint density at radius 1 is 0.638 bits per heavy atom. The summed E-state index contributed by atoms with van der Waals surface area (Å²) in [6.07, 6.45) is 11.0. The molecule has 0 saturated heterocycles. The van der Waals surface area contributed by atoms with E-state index < -0.39 is 8.07 Å². The Kier molecular flexibility index (Phi) is 6.31. The Labute approximate surface area is 277 Å². The fourth-order valence-corrected chi connectivity index (χ4v) is 13.5. The minimum atomic E-state index is -2.69. The lowest BCUT2D eigenvalue weighted by molar-refractivity contribution is 0.632. The van der Waals surface area contributed by atoms with Crippen LogP contribution in [0.4, 0.5) is 17.1 Å². The van der Waals surface area contributed by atoms with Gasteiger partial charge in [0.1, 0.15) is 0 Å². The molecule has 0 saturated carbocycles. The second kappa shape index (κ2) is 10.6. The van der Waals surface area contributed by atoms with E-state index in [4.69, 9.17) is 9.97 Å². The molecule has 0 amide bonds. The van der Waals surface area contributed by atoms with Gasteiger partial charge in [0.15, 0.2) is 0 Å². The number of fused-ring (bicyclic) bond motifs is 5. The summed E-state index contributed by atoms with van der Waals surface area (Å²) in [4.78, 5) is 12.3. The Hall–Kier alpha value is -5.32. The van der Waals surface area contributed by atoms with Crippen molar-refractivity contribution in [1.29, 1.82) is 0 Å². The number of anilines is 3. The predicted molar refractivity (Wildman–Crippen MR) is 197 cm³/mol. The summed E-state index contributed by atoms with van der Waals surface area (Å²) in [5, 5.41) is 5.48. The Balaban J connectivity index is 1.31. The summed E-state index contributed by atoms with van der Waals surface area (Å²) in [6, 6.07) is 46.9. The largest absolute Gasteiger partial charge is 0.310 e. The molecule has 4 aromatic carbocycles. The van der Waals surface area contributed by atoms with Crippen LogP contribution >= 0.6 is 0 Å². The highest BCUT2D eigenvalue weighted by molar-refractivity contribution is 7.18. The highest BCUT2D eigenvalue weighted by Gasteiger charge is 2.52. The number of nitrogens with zero attached hydrogens (tertiary/aromatic N) is 3. The zero-order valence-electron chi connectivity index (χ0n) is 26.7. The normalized spacial score (nSPS) is 18.7.